The van der Waals surface area contributed by atoms with Crippen LogP contribution in [-0.4, -0.2) is 6.04 Å². The number of rotatable bonds is 3. The van der Waals surface area contributed by atoms with E-state index in [9.17, 15) is 0 Å². The summed E-state index contributed by atoms with van der Waals surface area (Å²) in [6, 6.07) is 4.63. The maximum absolute atomic E-state index is 6.42. The molecule has 1 aromatic rings. The molecule has 0 radical (unpaired) electrons. The second-order valence-electron chi connectivity index (χ2n) is 5.23. The first-order chi connectivity index (χ1) is 7.60. The van der Waals surface area contributed by atoms with Gasteiger partial charge in [0.05, 0.1) is 3.79 Å². The van der Waals surface area contributed by atoms with E-state index in [1.807, 2.05) is 11.3 Å². The average Bonchev–Trinajstić information content (AvgIpc) is 2.65. The van der Waals surface area contributed by atoms with E-state index in [-0.39, 0.29) is 0 Å². The lowest BCUT2D eigenvalue weighted by atomic mass is 9.70. The largest absolute Gasteiger partial charge is 0.327 e. The molecule has 1 aliphatic rings. The Hall–Kier alpha value is 0.140. The van der Waals surface area contributed by atoms with Gasteiger partial charge in [-0.1, -0.05) is 26.2 Å². The van der Waals surface area contributed by atoms with E-state index in [1.54, 1.807) is 0 Å². The molecule has 16 heavy (non-hydrogen) atoms. The highest BCUT2D eigenvalue weighted by molar-refractivity contribution is 9.11. The highest BCUT2D eigenvalue weighted by Gasteiger charge is 2.33. The van der Waals surface area contributed by atoms with Gasteiger partial charge in [-0.3, -0.25) is 0 Å². The predicted octanol–water partition coefficient (Wildman–Crippen LogP) is 4.35. The minimum atomic E-state index is 0.318. The lowest BCUT2D eigenvalue weighted by Crippen LogP contribution is -2.42. The van der Waals surface area contributed by atoms with Crippen molar-refractivity contribution in [2.24, 2.45) is 11.1 Å². The Kier molecular flexibility index (Phi) is 4.09. The third kappa shape index (κ3) is 2.88. The summed E-state index contributed by atoms with van der Waals surface area (Å²) in [7, 11) is 0. The van der Waals surface area contributed by atoms with Crippen LogP contribution in [0.15, 0.2) is 15.9 Å². The van der Waals surface area contributed by atoms with Gasteiger partial charge in [-0.05, 0) is 52.7 Å². The fraction of sp³-hybridized carbons (Fsp3) is 0.692. The van der Waals surface area contributed by atoms with Gasteiger partial charge in [-0.2, -0.15) is 0 Å². The molecule has 2 N–H and O–H groups in total. The molecule has 0 amide bonds. The van der Waals surface area contributed by atoms with Crippen LogP contribution in [0, 0.1) is 5.41 Å². The molecule has 1 atom stereocenters. The molecule has 0 saturated heterocycles. The topological polar surface area (TPSA) is 26.0 Å². The Labute approximate surface area is 111 Å². The minimum absolute atomic E-state index is 0.318. The smallest absolute Gasteiger partial charge is 0.0701 e. The van der Waals surface area contributed by atoms with E-state index in [2.05, 4.69) is 35.0 Å². The first kappa shape index (κ1) is 12.6. The van der Waals surface area contributed by atoms with Crippen molar-refractivity contribution in [1.29, 1.82) is 0 Å². The second-order valence-corrected chi connectivity index (χ2v) is 7.78. The molecule has 3 heteroatoms. The molecular formula is C13H20BrNS. The molecule has 1 nitrogen and oxygen atoms in total. The highest BCUT2D eigenvalue weighted by Crippen LogP contribution is 2.39. The zero-order valence-corrected chi connectivity index (χ0v) is 12.2. The quantitative estimate of drug-likeness (QED) is 0.882. The molecule has 1 aromatic heterocycles. The summed E-state index contributed by atoms with van der Waals surface area (Å²) in [5.74, 6) is 0. The zero-order chi connectivity index (χ0) is 11.6. The first-order valence-corrected chi connectivity index (χ1v) is 7.71. The van der Waals surface area contributed by atoms with Gasteiger partial charge in [-0.25, -0.2) is 0 Å². The monoisotopic (exact) mass is 301 g/mol. The molecule has 90 valence electrons. The van der Waals surface area contributed by atoms with E-state index in [0.717, 1.165) is 6.42 Å². The van der Waals surface area contributed by atoms with Gasteiger partial charge in [0.15, 0.2) is 0 Å². The average molecular weight is 302 g/mol. The van der Waals surface area contributed by atoms with Crippen molar-refractivity contribution < 1.29 is 0 Å². The fourth-order valence-electron chi connectivity index (χ4n) is 2.65. The van der Waals surface area contributed by atoms with Crippen molar-refractivity contribution in [1.82, 2.24) is 0 Å². The second kappa shape index (κ2) is 5.19. The van der Waals surface area contributed by atoms with Crippen molar-refractivity contribution in [3.63, 3.8) is 0 Å². The Morgan fingerprint density at radius 3 is 2.62 bits per heavy atom. The van der Waals surface area contributed by atoms with Crippen LogP contribution >= 0.6 is 27.3 Å². The summed E-state index contributed by atoms with van der Waals surface area (Å²) in [4.78, 5) is 1.41. The standard InChI is InChI=1S/C13H20BrNS/c1-13(7-3-2-4-8-13)11(15)9-10-5-6-12(14)16-10/h5-6,11H,2-4,7-9,15H2,1H3. The van der Waals surface area contributed by atoms with E-state index in [4.69, 9.17) is 5.73 Å². The maximum Gasteiger partial charge on any atom is 0.0701 e. The van der Waals surface area contributed by atoms with Crippen molar-refractivity contribution >= 4 is 27.3 Å². The van der Waals surface area contributed by atoms with Crippen molar-refractivity contribution in [3.8, 4) is 0 Å². The van der Waals surface area contributed by atoms with E-state index < -0.39 is 0 Å². The molecule has 1 heterocycles. The van der Waals surface area contributed by atoms with Gasteiger partial charge in [0.2, 0.25) is 0 Å². The molecule has 0 aliphatic heterocycles. The van der Waals surface area contributed by atoms with Gasteiger partial charge >= 0.3 is 0 Å². The molecule has 1 saturated carbocycles. The van der Waals surface area contributed by atoms with Crippen LogP contribution in [0.4, 0.5) is 0 Å². The summed E-state index contributed by atoms with van der Waals surface area (Å²) in [6.07, 6.45) is 7.76. The van der Waals surface area contributed by atoms with Gasteiger partial charge in [0, 0.05) is 10.9 Å². The fourth-order valence-corrected chi connectivity index (χ4v) is 4.20. The Bertz CT molecular complexity index is 341. The molecule has 0 spiro atoms. The van der Waals surface area contributed by atoms with Crippen molar-refractivity contribution in [2.75, 3.05) is 0 Å². The van der Waals surface area contributed by atoms with Crippen LogP contribution in [0.25, 0.3) is 0 Å². The number of hydrogen-bond donors (Lipinski definition) is 1. The van der Waals surface area contributed by atoms with Gasteiger partial charge in [0.25, 0.3) is 0 Å². The molecule has 1 aliphatic carbocycles. The summed E-state index contributed by atoms with van der Waals surface area (Å²) in [5.41, 5.74) is 6.79. The Balaban J connectivity index is 1.98. The van der Waals surface area contributed by atoms with Crippen LogP contribution in [-0.2, 0) is 6.42 Å². The maximum atomic E-state index is 6.42. The first-order valence-electron chi connectivity index (χ1n) is 6.10. The van der Waals surface area contributed by atoms with E-state index in [0.29, 0.717) is 11.5 Å². The van der Waals surface area contributed by atoms with Crippen LogP contribution in [0.5, 0.6) is 0 Å². The number of thiophene rings is 1. The number of nitrogens with two attached hydrogens (primary N) is 1. The van der Waals surface area contributed by atoms with E-state index in [1.165, 1.54) is 40.8 Å². The molecular weight excluding hydrogens is 282 g/mol. The SMILES string of the molecule is CC1(C(N)Cc2ccc(Br)s2)CCCCC1. The lowest BCUT2D eigenvalue weighted by molar-refractivity contribution is 0.169. The van der Waals surface area contributed by atoms with Gasteiger partial charge < -0.3 is 5.73 Å². The summed E-state index contributed by atoms with van der Waals surface area (Å²) < 4.78 is 1.21. The normalized spacial score (nSPS) is 21.9. The predicted molar refractivity (Wildman–Crippen MR) is 74.9 cm³/mol. The summed E-state index contributed by atoms with van der Waals surface area (Å²) in [5, 5.41) is 0. The Morgan fingerprint density at radius 1 is 1.38 bits per heavy atom. The number of halogens is 1. The third-order valence-corrected chi connectivity index (χ3v) is 5.59. The van der Waals surface area contributed by atoms with Gasteiger partial charge in [-0.15, -0.1) is 11.3 Å². The molecule has 2 rings (SSSR count). The number of hydrogen-bond acceptors (Lipinski definition) is 2. The summed E-state index contributed by atoms with van der Waals surface area (Å²) in [6.45, 7) is 2.37. The highest BCUT2D eigenvalue weighted by atomic mass is 79.9. The molecule has 0 aromatic carbocycles. The molecule has 0 bridgehead atoms. The van der Waals surface area contributed by atoms with Crippen LogP contribution in [0.2, 0.25) is 0 Å². The van der Waals surface area contributed by atoms with Crippen LogP contribution in [0.3, 0.4) is 0 Å². The minimum Gasteiger partial charge on any atom is -0.327 e. The van der Waals surface area contributed by atoms with Crippen molar-refractivity contribution in [2.45, 2.75) is 51.5 Å². The van der Waals surface area contributed by atoms with Gasteiger partial charge in [0.1, 0.15) is 0 Å². The lowest BCUT2D eigenvalue weighted by Gasteiger charge is -2.38. The van der Waals surface area contributed by atoms with Crippen LogP contribution < -0.4 is 5.73 Å². The third-order valence-electron chi connectivity index (χ3n) is 3.94. The van der Waals surface area contributed by atoms with Crippen molar-refractivity contribution in [3.05, 3.63) is 20.8 Å². The van der Waals surface area contributed by atoms with E-state index >= 15 is 0 Å². The Morgan fingerprint density at radius 2 is 2.06 bits per heavy atom. The molecule has 1 unspecified atom stereocenters. The van der Waals surface area contributed by atoms with Crippen LogP contribution in [0.1, 0.15) is 43.9 Å². The molecule has 1 fully saturated rings. The zero-order valence-electron chi connectivity index (χ0n) is 9.84. The summed E-state index contributed by atoms with van der Waals surface area (Å²) >= 11 is 5.32.